The summed E-state index contributed by atoms with van der Waals surface area (Å²) in [5.41, 5.74) is 0.626. The third kappa shape index (κ3) is 3.97. The van der Waals surface area contributed by atoms with E-state index in [0.29, 0.717) is 30.7 Å². The first-order valence-electron chi connectivity index (χ1n) is 9.86. The summed E-state index contributed by atoms with van der Waals surface area (Å²) < 4.78 is 19.0. The van der Waals surface area contributed by atoms with Crippen molar-refractivity contribution in [3.63, 3.8) is 0 Å². The van der Waals surface area contributed by atoms with E-state index in [0.717, 1.165) is 15.9 Å². The van der Waals surface area contributed by atoms with Gasteiger partial charge in [-0.1, -0.05) is 6.07 Å². The van der Waals surface area contributed by atoms with Gasteiger partial charge in [0.1, 0.15) is 17.6 Å². The van der Waals surface area contributed by atoms with Crippen LogP contribution in [0.25, 0.3) is 0 Å². The number of anilines is 1. The normalized spacial score (nSPS) is 20.6. The molecule has 2 aliphatic heterocycles. The lowest BCUT2D eigenvalue weighted by atomic mass is 9.97. The van der Waals surface area contributed by atoms with Crippen LogP contribution in [0.3, 0.4) is 0 Å². The van der Waals surface area contributed by atoms with E-state index in [2.05, 4.69) is 5.32 Å². The second-order valence-corrected chi connectivity index (χ2v) is 8.29. The Hall–Kier alpha value is -3.07. The minimum absolute atomic E-state index is 0.212. The number of rotatable bonds is 5. The molecule has 162 valence electrons. The molecule has 1 N–H and O–H groups in total. The molecule has 2 aromatic carbocycles. The maximum absolute atomic E-state index is 13.6. The van der Waals surface area contributed by atoms with Crippen LogP contribution in [0.5, 0.6) is 5.75 Å². The highest BCUT2D eigenvalue weighted by Crippen LogP contribution is 2.32. The minimum Gasteiger partial charge on any atom is -0.496 e. The van der Waals surface area contributed by atoms with Crippen LogP contribution in [-0.2, 0) is 4.79 Å². The topological polar surface area (TPSA) is 79.0 Å². The molecule has 0 bridgehead atoms. The maximum atomic E-state index is 13.6. The first-order chi connectivity index (χ1) is 14.9. The number of methoxy groups -OCH3 is 1. The summed E-state index contributed by atoms with van der Waals surface area (Å²) in [6.45, 7) is 0.328. The lowest BCUT2D eigenvalue weighted by molar-refractivity contribution is -0.120. The number of fused-ring (bicyclic) bond motifs is 1. The molecule has 2 heterocycles. The highest BCUT2D eigenvalue weighted by atomic mass is 32.2. The van der Waals surface area contributed by atoms with Crippen molar-refractivity contribution < 1.29 is 23.5 Å². The van der Waals surface area contributed by atoms with Crippen LogP contribution < -0.4 is 15.0 Å². The molecular weight excluding hydrogens is 421 g/mol. The van der Waals surface area contributed by atoms with Crippen LogP contribution in [0.2, 0.25) is 0 Å². The van der Waals surface area contributed by atoms with Gasteiger partial charge in [0.15, 0.2) is 0 Å². The Labute approximate surface area is 183 Å². The van der Waals surface area contributed by atoms with Crippen molar-refractivity contribution in [3.8, 4) is 5.75 Å². The van der Waals surface area contributed by atoms with Crippen molar-refractivity contribution in [2.45, 2.75) is 29.8 Å². The number of carbonyl (C=O) groups excluding carboxylic acids is 3. The quantitative estimate of drug-likeness (QED) is 0.567. The second-order valence-electron chi connectivity index (χ2n) is 7.41. The van der Waals surface area contributed by atoms with Gasteiger partial charge >= 0.3 is 6.03 Å². The number of urea groups is 1. The molecule has 2 aliphatic rings. The Bertz CT molecular complexity index is 1050. The fourth-order valence-corrected chi connectivity index (χ4v) is 4.46. The summed E-state index contributed by atoms with van der Waals surface area (Å²) in [5, 5.41) is 2.96. The number of hydrogen-bond acceptors (Lipinski definition) is 5. The van der Waals surface area contributed by atoms with Crippen molar-refractivity contribution in [3.05, 3.63) is 53.8 Å². The summed E-state index contributed by atoms with van der Waals surface area (Å²) in [6.07, 6.45) is 2.76. The summed E-state index contributed by atoms with van der Waals surface area (Å²) in [5.74, 6) is -0.737. The summed E-state index contributed by atoms with van der Waals surface area (Å²) in [4.78, 5) is 42.0. The van der Waals surface area contributed by atoms with E-state index in [1.54, 1.807) is 23.9 Å². The molecule has 2 saturated heterocycles. The number of amides is 4. The molecule has 9 heteroatoms. The van der Waals surface area contributed by atoms with E-state index in [9.17, 15) is 18.8 Å². The van der Waals surface area contributed by atoms with E-state index in [-0.39, 0.29) is 17.6 Å². The zero-order valence-corrected chi connectivity index (χ0v) is 17.9. The molecule has 2 atom stereocenters. The molecule has 4 amide bonds. The van der Waals surface area contributed by atoms with E-state index in [1.807, 2.05) is 12.3 Å². The minimum atomic E-state index is -0.685. The number of ether oxygens (including phenoxy) is 1. The molecule has 0 aliphatic carbocycles. The molecule has 2 aromatic rings. The third-order valence-corrected chi connectivity index (χ3v) is 6.33. The monoisotopic (exact) mass is 443 g/mol. The van der Waals surface area contributed by atoms with Gasteiger partial charge in [-0.3, -0.25) is 9.59 Å². The van der Waals surface area contributed by atoms with Crippen molar-refractivity contribution in [2.24, 2.45) is 0 Å². The van der Waals surface area contributed by atoms with E-state index in [1.165, 1.54) is 30.2 Å². The smallest absolute Gasteiger partial charge is 0.332 e. The van der Waals surface area contributed by atoms with Gasteiger partial charge in [-0.2, -0.15) is 0 Å². The van der Waals surface area contributed by atoms with Crippen molar-refractivity contribution in [1.29, 1.82) is 0 Å². The fourth-order valence-electron chi connectivity index (χ4n) is 4.03. The average molecular weight is 444 g/mol. The van der Waals surface area contributed by atoms with Crippen LogP contribution in [0.1, 0.15) is 23.2 Å². The summed E-state index contributed by atoms with van der Waals surface area (Å²) in [7, 11) is 1.51. The van der Waals surface area contributed by atoms with Gasteiger partial charge < -0.3 is 15.0 Å². The molecule has 0 spiro atoms. The number of benzene rings is 2. The Morgan fingerprint density at radius 2 is 2.03 bits per heavy atom. The molecule has 0 saturated carbocycles. The van der Waals surface area contributed by atoms with Crippen molar-refractivity contribution in [2.75, 3.05) is 24.8 Å². The van der Waals surface area contributed by atoms with Gasteiger partial charge in [-0.05, 0) is 55.5 Å². The lowest BCUT2D eigenvalue weighted by Gasteiger charge is -2.32. The highest BCUT2D eigenvalue weighted by Gasteiger charge is 2.48. The highest BCUT2D eigenvalue weighted by molar-refractivity contribution is 7.98. The average Bonchev–Trinajstić information content (AvgIpc) is 3.02. The largest absolute Gasteiger partial charge is 0.496 e. The standard InChI is InChI=1S/C22H22FN3O4S/c1-30-19-12-16(31-2)6-7-17(19)20(27)24-14-8-9-25-18(11-14)21(28)26(22(25)29)15-5-3-4-13(23)10-15/h3-7,10,12,14,18H,8-9,11H2,1-2H3,(H,24,27). The van der Waals surface area contributed by atoms with Crippen LogP contribution in [-0.4, -0.2) is 54.7 Å². The number of halogens is 1. The summed E-state index contributed by atoms with van der Waals surface area (Å²) in [6, 6.07) is 9.36. The first kappa shape index (κ1) is 21.2. The molecule has 2 fully saturated rings. The zero-order chi connectivity index (χ0) is 22.1. The maximum Gasteiger partial charge on any atom is 0.332 e. The number of nitrogens with one attached hydrogen (secondary N) is 1. The van der Waals surface area contributed by atoms with Crippen LogP contribution in [0, 0.1) is 5.82 Å². The predicted octanol–water partition coefficient (Wildman–Crippen LogP) is 3.29. The number of piperidine rings is 1. The Morgan fingerprint density at radius 3 is 2.74 bits per heavy atom. The molecule has 2 unspecified atom stereocenters. The van der Waals surface area contributed by atoms with Gasteiger partial charge in [0, 0.05) is 17.5 Å². The lowest BCUT2D eigenvalue weighted by Crippen LogP contribution is -2.49. The number of carbonyl (C=O) groups is 3. The number of nitrogens with zero attached hydrogens (tertiary/aromatic N) is 2. The SMILES string of the molecule is COc1cc(SC)ccc1C(=O)NC1CCN2C(=O)N(c3cccc(F)c3)C(=O)C2C1. The third-order valence-electron chi connectivity index (χ3n) is 5.60. The molecule has 31 heavy (non-hydrogen) atoms. The van der Waals surface area contributed by atoms with E-state index >= 15 is 0 Å². The predicted molar refractivity (Wildman–Crippen MR) is 115 cm³/mol. The van der Waals surface area contributed by atoms with Gasteiger partial charge in [0.25, 0.3) is 11.8 Å². The van der Waals surface area contributed by atoms with Crippen LogP contribution in [0.4, 0.5) is 14.9 Å². The Morgan fingerprint density at radius 1 is 1.23 bits per heavy atom. The zero-order valence-electron chi connectivity index (χ0n) is 17.1. The molecule has 4 rings (SSSR count). The van der Waals surface area contributed by atoms with Crippen molar-refractivity contribution >= 4 is 35.3 Å². The van der Waals surface area contributed by atoms with Crippen LogP contribution >= 0.6 is 11.8 Å². The number of hydrogen-bond donors (Lipinski definition) is 1. The Kier molecular flexibility index (Phi) is 5.86. The van der Waals surface area contributed by atoms with Gasteiger partial charge in [0.05, 0.1) is 18.4 Å². The fraction of sp³-hybridized carbons (Fsp3) is 0.318. The van der Waals surface area contributed by atoms with Gasteiger partial charge in [-0.25, -0.2) is 14.1 Å². The molecular formula is C22H22FN3O4S. The first-order valence-corrected chi connectivity index (χ1v) is 11.1. The molecule has 0 aromatic heterocycles. The van der Waals surface area contributed by atoms with Crippen LogP contribution in [0.15, 0.2) is 47.4 Å². The van der Waals surface area contributed by atoms with Crippen molar-refractivity contribution in [1.82, 2.24) is 10.2 Å². The second kappa shape index (κ2) is 8.58. The molecule has 0 radical (unpaired) electrons. The van der Waals surface area contributed by atoms with E-state index < -0.39 is 23.8 Å². The summed E-state index contributed by atoms with van der Waals surface area (Å²) >= 11 is 1.55. The van der Waals surface area contributed by atoms with Gasteiger partial charge in [0.2, 0.25) is 0 Å². The van der Waals surface area contributed by atoms with Gasteiger partial charge in [-0.15, -0.1) is 11.8 Å². The number of thioether (sulfide) groups is 1. The van der Waals surface area contributed by atoms with E-state index in [4.69, 9.17) is 4.74 Å². The number of imide groups is 1. The molecule has 7 nitrogen and oxygen atoms in total. The Balaban J connectivity index is 1.48.